The van der Waals surface area contributed by atoms with Crippen molar-refractivity contribution in [1.82, 2.24) is 0 Å². The zero-order chi connectivity index (χ0) is 24.1. The first kappa shape index (κ1) is 24.6. The summed E-state index contributed by atoms with van der Waals surface area (Å²) in [6.07, 6.45) is 2.47. The Morgan fingerprint density at radius 2 is 1.30 bits per heavy atom. The van der Waals surface area contributed by atoms with Crippen molar-refractivity contribution in [3.63, 3.8) is 0 Å². The number of methoxy groups -OCH3 is 1. The van der Waals surface area contributed by atoms with Gasteiger partial charge in [-0.15, -0.1) is 0 Å². The van der Waals surface area contributed by atoms with Gasteiger partial charge in [-0.25, -0.2) is 9.59 Å². The maximum Gasteiger partial charge on any atom is 0.338 e. The predicted molar refractivity (Wildman–Crippen MR) is 133 cm³/mol. The van der Waals surface area contributed by atoms with Crippen molar-refractivity contribution >= 4 is 23.3 Å². The van der Waals surface area contributed by atoms with E-state index in [0.29, 0.717) is 11.1 Å². The molecule has 2 fully saturated rings. The maximum absolute atomic E-state index is 11.5. The molecule has 6 heteroatoms. The largest absolute Gasteiger partial charge is 0.478 e. The van der Waals surface area contributed by atoms with Crippen LogP contribution in [0.4, 0.5) is 11.4 Å². The lowest BCUT2D eigenvalue weighted by atomic mass is 10.1. The molecule has 0 spiro atoms. The highest BCUT2D eigenvalue weighted by Gasteiger charge is 2.21. The van der Waals surface area contributed by atoms with Gasteiger partial charge in [0.25, 0.3) is 0 Å². The lowest BCUT2D eigenvalue weighted by Gasteiger charge is -2.19. The molecule has 1 N–H and O–H groups in total. The third-order valence-corrected chi connectivity index (χ3v) is 6.63. The molecule has 178 valence electrons. The molecule has 0 aliphatic carbocycles. The normalized spacial score (nSPS) is 19.8. The van der Waals surface area contributed by atoms with Gasteiger partial charge in [-0.05, 0) is 86.1 Å². The SMILES string of the molecule is COC(=O)c1ccc(N2CC[C@H](C)C2)cc1C.Cc1cc(N2CC[C@H](C)C2)ccc1C(=O)O. The summed E-state index contributed by atoms with van der Waals surface area (Å²) in [7, 11) is 1.41. The summed E-state index contributed by atoms with van der Waals surface area (Å²) in [4.78, 5) is 27.1. The van der Waals surface area contributed by atoms with Crippen LogP contribution in [0.2, 0.25) is 0 Å². The Morgan fingerprint density at radius 1 is 0.848 bits per heavy atom. The van der Waals surface area contributed by atoms with Gasteiger partial charge in [0, 0.05) is 37.6 Å². The molecule has 0 saturated carbocycles. The number of nitrogens with zero attached hydrogens (tertiary/aromatic N) is 2. The van der Waals surface area contributed by atoms with Crippen LogP contribution in [0, 0.1) is 25.7 Å². The van der Waals surface area contributed by atoms with E-state index in [-0.39, 0.29) is 5.97 Å². The fourth-order valence-electron chi connectivity index (χ4n) is 4.61. The zero-order valence-corrected chi connectivity index (χ0v) is 20.4. The minimum Gasteiger partial charge on any atom is -0.478 e. The maximum atomic E-state index is 11.5. The second-order valence-electron chi connectivity index (χ2n) is 9.47. The molecular weight excluding hydrogens is 416 g/mol. The Kier molecular flexibility index (Phi) is 8.01. The van der Waals surface area contributed by atoms with E-state index in [2.05, 4.69) is 29.7 Å². The van der Waals surface area contributed by atoms with Crippen LogP contribution in [0.3, 0.4) is 0 Å². The van der Waals surface area contributed by atoms with Crippen LogP contribution in [0.25, 0.3) is 0 Å². The van der Waals surface area contributed by atoms with Crippen molar-refractivity contribution in [3.05, 3.63) is 58.7 Å². The summed E-state index contributed by atoms with van der Waals surface area (Å²) in [5, 5.41) is 8.95. The molecule has 2 atom stereocenters. The van der Waals surface area contributed by atoms with Gasteiger partial charge in [-0.3, -0.25) is 0 Å². The third kappa shape index (κ3) is 6.06. The van der Waals surface area contributed by atoms with E-state index >= 15 is 0 Å². The fourth-order valence-corrected chi connectivity index (χ4v) is 4.61. The van der Waals surface area contributed by atoms with Crippen molar-refractivity contribution in [2.45, 2.75) is 40.5 Å². The highest BCUT2D eigenvalue weighted by atomic mass is 16.5. The molecule has 0 amide bonds. The average Bonchev–Trinajstić information content (AvgIpc) is 3.41. The molecule has 0 unspecified atom stereocenters. The minimum absolute atomic E-state index is 0.260. The molecule has 2 aromatic rings. The number of aromatic carboxylic acids is 1. The minimum atomic E-state index is -0.848. The summed E-state index contributed by atoms with van der Waals surface area (Å²) in [5.41, 5.74) is 5.23. The van der Waals surface area contributed by atoms with Gasteiger partial charge in [-0.2, -0.15) is 0 Å². The first-order chi connectivity index (χ1) is 15.7. The van der Waals surface area contributed by atoms with E-state index in [1.54, 1.807) is 6.07 Å². The van der Waals surface area contributed by atoms with Crippen LogP contribution in [0.1, 0.15) is 58.5 Å². The molecule has 0 bridgehead atoms. The predicted octanol–water partition coefficient (Wildman–Crippen LogP) is 5.17. The highest BCUT2D eigenvalue weighted by Crippen LogP contribution is 2.26. The zero-order valence-electron chi connectivity index (χ0n) is 20.4. The van der Waals surface area contributed by atoms with Crippen molar-refractivity contribution in [3.8, 4) is 0 Å². The number of carboxylic acid groups (broad SMARTS) is 1. The number of hydrogen-bond acceptors (Lipinski definition) is 5. The Bertz CT molecular complexity index is 1000. The van der Waals surface area contributed by atoms with E-state index in [0.717, 1.165) is 54.8 Å². The molecule has 0 radical (unpaired) electrons. The van der Waals surface area contributed by atoms with Crippen LogP contribution in [-0.2, 0) is 4.74 Å². The van der Waals surface area contributed by atoms with Gasteiger partial charge in [-0.1, -0.05) is 13.8 Å². The van der Waals surface area contributed by atoms with Gasteiger partial charge in [0.15, 0.2) is 0 Å². The standard InChI is InChI=1S/C14H19NO2.C13H17NO2/c1-10-6-7-15(9-10)12-4-5-13(11(2)8-12)14(16)17-3;1-9-5-6-14(8-9)11-3-4-12(13(15)16)10(2)7-11/h4-5,8,10H,6-7,9H2,1-3H3;3-4,7,9H,5-6,8H2,1-2H3,(H,15,16)/t10-;9-/m00/s1. The summed E-state index contributed by atoms with van der Waals surface area (Å²) in [6.45, 7) is 12.7. The molecule has 33 heavy (non-hydrogen) atoms. The quantitative estimate of drug-likeness (QED) is 0.646. The Hall–Kier alpha value is -3.02. The van der Waals surface area contributed by atoms with Crippen LogP contribution in [-0.4, -0.2) is 50.3 Å². The number of rotatable bonds is 4. The topological polar surface area (TPSA) is 70.1 Å². The number of aryl methyl sites for hydroxylation is 2. The van der Waals surface area contributed by atoms with Crippen molar-refractivity contribution in [2.75, 3.05) is 43.1 Å². The molecule has 2 aliphatic rings. The second kappa shape index (κ2) is 10.7. The number of esters is 1. The Morgan fingerprint density at radius 3 is 1.64 bits per heavy atom. The number of carbonyl (C=O) groups is 2. The van der Waals surface area contributed by atoms with Crippen LogP contribution in [0.15, 0.2) is 36.4 Å². The first-order valence-corrected chi connectivity index (χ1v) is 11.7. The van der Waals surface area contributed by atoms with E-state index < -0.39 is 5.97 Å². The van der Waals surface area contributed by atoms with Crippen molar-refractivity contribution < 1.29 is 19.4 Å². The van der Waals surface area contributed by atoms with Crippen molar-refractivity contribution in [1.29, 1.82) is 0 Å². The van der Waals surface area contributed by atoms with Gasteiger partial charge in [0.1, 0.15) is 0 Å². The number of ether oxygens (including phenoxy) is 1. The molecule has 2 aromatic carbocycles. The number of carboxylic acids is 1. The van der Waals surface area contributed by atoms with Crippen LogP contribution in [0.5, 0.6) is 0 Å². The van der Waals surface area contributed by atoms with E-state index in [4.69, 9.17) is 9.84 Å². The summed E-state index contributed by atoms with van der Waals surface area (Å²) >= 11 is 0. The summed E-state index contributed by atoms with van der Waals surface area (Å²) in [6, 6.07) is 11.5. The smallest absolute Gasteiger partial charge is 0.338 e. The number of benzene rings is 2. The van der Waals surface area contributed by atoms with E-state index in [1.165, 1.54) is 25.6 Å². The molecule has 0 aromatic heterocycles. The number of hydrogen-bond donors (Lipinski definition) is 1. The van der Waals surface area contributed by atoms with Gasteiger partial charge < -0.3 is 19.6 Å². The van der Waals surface area contributed by atoms with E-state index in [9.17, 15) is 9.59 Å². The van der Waals surface area contributed by atoms with Gasteiger partial charge >= 0.3 is 11.9 Å². The highest BCUT2D eigenvalue weighted by molar-refractivity contribution is 5.91. The van der Waals surface area contributed by atoms with Gasteiger partial charge in [0.2, 0.25) is 0 Å². The lowest BCUT2D eigenvalue weighted by molar-refractivity contribution is 0.0599. The molecule has 4 rings (SSSR count). The molecule has 2 aliphatic heterocycles. The third-order valence-electron chi connectivity index (χ3n) is 6.63. The average molecular weight is 453 g/mol. The first-order valence-electron chi connectivity index (χ1n) is 11.7. The Balaban J connectivity index is 0.000000186. The fraction of sp³-hybridized carbons (Fsp3) is 0.481. The van der Waals surface area contributed by atoms with Crippen molar-refractivity contribution in [2.24, 2.45) is 11.8 Å². The molecule has 6 nitrogen and oxygen atoms in total. The number of anilines is 2. The van der Waals surface area contributed by atoms with Gasteiger partial charge in [0.05, 0.1) is 18.2 Å². The number of carbonyl (C=O) groups excluding carboxylic acids is 1. The lowest BCUT2D eigenvalue weighted by Crippen LogP contribution is -2.19. The van der Waals surface area contributed by atoms with Crippen LogP contribution >= 0.6 is 0 Å². The monoisotopic (exact) mass is 452 g/mol. The Labute approximate surface area is 197 Å². The molecule has 2 saturated heterocycles. The van der Waals surface area contributed by atoms with Crippen LogP contribution < -0.4 is 9.80 Å². The summed E-state index contributed by atoms with van der Waals surface area (Å²) < 4.78 is 4.75. The summed E-state index contributed by atoms with van der Waals surface area (Å²) in [5.74, 6) is 0.387. The molecular formula is C27H36N2O4. The molecule has 2 heterocycles. The van der Waals surface area contributed by atoms with E-state index in [1.807, 2.05) is 38.1 Å². The second-order valence-corrected chi connectivity index (χ2v) is 9.47.